The Kier molecular flexibility index (Phi) is 6.72. The predicted molar refractivity (Wildman–Crippen MR) is 104 cm³/mol. The third-order valence-electron chi connectivity index (χ3n) is 5.32. The third kappa shape index (κ3) is 4.72. The first-order valence-corrected chi connectivity index (χ1v) is 11.4. The fourth-order valence-electron chi connectivity index (χ4n) is 3.69. The molecule has 0 N–H and O–H groups in total. The lowest BCUT2D eigenvalue weighted by Crippen LogP contribution is -2.42. The van der Waals surface area contributed by atoms with Crippen LogP contribution in [-0.4, -0.2) is 61.8 Å². The second kappa shape index (κ2) is 9.05. The number of likely N-dealkylation sites (tertiary alicyclic amines) is 1. The van der Waals surface area contributed by atoms with Crippen LogP contribution in [0.5, 0.6) is 0 Å². The zero-order valence-electron chi connectivity index (χ0n) is 16.3. The second-order valence-corrected chi connectivity index (χ2v) is 9.36. The summed E-state index contributed by atoms with van der Waals surface area (Å²) in [5.74, 6) is -0.890. The van der Waals surface area contributed by atoms with Crippen LogP contribution in [0.1, 0.15) is 55.8 Å². The molecule has 0 bridgehead atoms. The lowest BCUT2D eigenvalue weighted by Gasteiger charge is -2.29. The van der Waals surface area contributed by atoms with E-state index >= 15 is 0 Å². The molecule has 0 saturated carbocycles. The van der Waals surface area contributed by atoms with Crippen LogP contribution in [0, 0.1) is 0 Å². The van der Waals surface area contributed by atoms with Gasteiger partial charge in [-0.2, -0.15) is 4.31 Å². The second-order valence-electron chi connectivity index (χ2n) is 7.43. The van der Waals surface area contributed by atoms with Crippen molar-refractivity contribution in [3.05, 3.63) is 29.8 Å². The number of esters is 1. The molecule has 2 aliphatic rings. The van der Waals surface area contributed by atoms with Gasteiger partial charge in [0.2, 0.25) is 10.0 Å². The number of amides is 1. The molecule has 28 heavy (non-hydrogen) atoms. The highest BCUT2D eigenvalue weighted by Gasteiger charge is 2.28. The van der Waals surface area contributed by atoms with Gasteiger partial charge in [0.05, 0.1) is 10.5 Å². The van der Waals surface area contributed by atoms with Crippen LogP contribution in [-0.2, 0) is 19.6 Å². The molecule has 8 heteroatoms. The number of piperidine rings is 2. The lowest BCUT2D eigenvalue weighted by molar-refractivity contribution is -0.140. The number of carbonyl (C=O) groups is 2. The number of ether oxygens (including phenoxy) is 1. The molecule has 1 aromatic rings. The van der Waals surface area contributed by atoms with Crippen molar-refractivity contribution < 1.29 is 22.7 Å². The van der Waals surface area contributed by atoms with Crippen molar-refractivity contribution >= 4 is 21.9 Å². The molecule has 2 saturated heterocycles. The van der Waals surface area contributed by atoms with E-state index < -0.39 is 22.1 Å². The van der Waals surface area contributed by atoms with Crippen molar-refractivity contribution in [2.45, 2.75) is 56.4 Å². The molecular weight excluding hydrogens is 380 g/mol. The maximum atomic E-state index is 12.8. The predicted octanol–water partition coefficient (Wildman–Crippen LogP) is 2.42. The van der Waals surface area contributed by atoms with Crippen LogP contribution in [0.4, 0.5) is 0 Å². The molecule has 2 aliphatic heterocycles. The minimum Gasteiger partial charge on any atom is -0.449 e. The summed E-state index contributed by atoms with van der Waals surface area (Å²) in [5.41, 5.74) is 0.136. The summed E-state index contributed by atoms with van der Waals surface area (Å²) in [6.45, 7) is 3.93. The van der Waals surface area contributed by atoms with Gasteiger partial charge in [0.1, 0.15) is 0 Å². The van der Waals surface area contributed by atoms with Crippen LogP contribution in [0.2, 0.25) is 0 Å². The topological polar surface area (TPSA) is 84.0 Å². The third-order valence-corrected chi connectivity index (χ3v) is 7.22. The summed E-state index contributed by atoms with van der Waals surface area (Å²) in [4.78, 5) is 26.7. The molecule has 3 rings (SSSR count). The van der Waals surface area contributed by atoms with Gasteiger partial charge in [0.15, 0.2) is 6.10 Å². The fourth-order valence-corrected chi connectivity index (χ4v) is 5.25. The Hall–Kier alpha value is -1.93. The van der Waals surface area contributed by atoms with E-state index in [2.05, 4.69) is 0 Å². The molecule has 1 amide bonds. The van der Waals surface area contributed by atoms with Gasteiger partial charge in [-0.25, -0.2) is 13.2 Å². The van der Waals surface area contributed by atoms with Crippen LogP contribution < -0.4 is 0 Å². The Morgan fingerprint density at radius 1 is 0.964 bits per heavy atom. The van der Waals surface area contributed by atoms with Gasteiger partial charge < -0.3 is 9.64 Å². The molecule has 0 radical (unpaired) electrons. The van der Waals surface area contributed by atoms with E-state index in [1.54, 1.807) is 11.8 Å². The number of hydrogen-bond acceptors (Lipinski definition) is 5. The highest BCUT2D eigenvalue weighted by Crippen LogP contribution is 2.22. The quantitative estimate of drug-likeness (QED) is 0.699. The number of sulfonamides is 1. The number of benzene rings is 1. The van der Waals surface area contributed by atoms with E-state index in [-0.39, 0.29) is 16.4 Å². The largest absolute Gasteiger partial charge is 0.449 e. The minimum absolute atomic E-state index is 0.0823. The first-order chi connectivity index (χ1) is 13.4. The number of carbonyl (C=O) groups excluding carboxylic acids is 2. The Morgan fingerprint density at radius 2 is 1.57 bits per heavy atom. The van der Waals surface area contributed by atoms with E-state index in [1.165, 1.54) is 28.6 Å². The molecule has 0 spiro atoms. The zero-order chi connectivity index (χ0) is 20.1. The first-order valence-electron chi connectivity index (χ1n) is 9.99. The summed E-state index contributed by atoms with van der Waals surface area (Å²) >= 11 is 0. The molecule has 7 nitrogen and oxygen atoms in total. The van der Waals surface area contributed by atoms with Crippen LogP contribution >= 0.6 is 0 Å². The average Bonchev–Trinajstić information content (AvgIpc) is 2.74. The van der Waals surface area contributed by atoms with E-state index in [4.69, 9.17) is 4.74 Å². The van der Waals surface area contributed by atoms with E-state index in [0.717, 1.165) is 38.5 Å². The van der Waals surface area contributed by atoms with Crippen molar-refractivity contribution in [3.8, 4) is 0 Å². The highest BCUT2D eigenvalue weighted by molar-refractivity contribution is 7.89. The number of hydrogen-bond donors (Lipinski definition) is 0. The molecule has 1 aromatic carbocycles. The Balaban J connectivity index is 1.68. The van der Waals surface area contributed by atoms with Crippen molar-refractivity contribution in [3.63, 3.8) is 0 Å². The Morgan fingerprint density at radius 3 is 2.21 bits per heavy atom. The molecule has 154 valence electrons. The normalized spacial score (nSPS) is 19.8. The van der Waals surface area contributed by atoms with Crippen LogP contribution in [0.3, 0.4) is 0 Å². The number of nitrogens with zero attached hydrogens (tertiary/aromatic N) is 2. The summed E-state index contributed by atoms with van der Waals surface area (Å²) in [6, 6.07) is 5.87. The van der Waals surface area contributed by atoms with Gasteiger partial charge in [-0.1, -0.05) is 12.5 Å². The summed E-state index contributed by atoms with van der Waals surface area (Å²) in [5, 5.41) is 0. The average molecular weight is 409 g/mol. The van der Waals surface area contributed by atoms with Gasteiger partial charge in [-0.05, 0) is 57.2 Å². The maximum absolute atomic E-state index is 12.8. The van der Waals surface area contributed by atoms with Crippen molar-refractivity contribution in [1.29, 1.82) is 0 Å². The summed E-state index contributed by atoms with van der Waals surface area (Å²) in [6.07, 6.45) is 4.85. The van der Waals surface area contributed by atoms with Gasteiger partial charge >= 0.3 is 5.97 Å². The van der Waals surface area contributed by atoms with E-state index in [1.807, 2.05) is 0 Å². The highest BCUT2D eigenvalue weighted by atomic mass is 32.2. The van der Waals surface area contributed by atoms with E-state index in [0.29, 0.717) is 26.2 Å². The van der Waals surface area contributed by atoms with E-state index in [9.17, 15) is 18.0 Å². The Bertz CT molecular complexity index is 812. The fraction of sp³-hybridized carbons (Fsp3) is 0.600. The van der Waals surface area contributed by atoms with Gasteiger partial charge in [0, 0.05) is 26.2 Å². The van der Waals surface area contributed by atoms with Crippen LogP contribution in [0.25, 0.3) is 0 Å². The minimum atomic E-state index is -3.63. The molecule has 1 atom stereocenters. The van der Waals surface area contributed by atoms with Crippen molar-refractivity contribution in [2.75, 3.05) is 26.2 Å². The smallest absolute Gasteiger partial charge is 0.338 e. The van der Waals surface area contributed by atoms with Crippen molar-refractivity contribution in [2.24, 2.45) is 0 Å². The lowest BCUT2D eigenvalue weighted by atomic mass is 10.1. The van der Waals surface area contributed by atoms with Gasteiger partial charge in [-0.3, -0.25) is 4.79 Å². The van der Waals surface area contributed by atoms with Crippen LogP contribution in [0.15, 0.2) is 29.2 Å². The zero-order valence-corrected chi connectivity index (χ0v) is 17.1. The summed E-state index contributed by atoms with van der Waals surface area (Å²) in [7, 11) is -3.63. The monoisotopic (exact) mass is 408 g/mol. The molecular formula is C20H28N2O5S. The first kappa shape index (κ1) is 20.8. The molecule has 2 fully saturated rings. The molecule has 2 heterocycles. The summed E-state index contributed by atoms with van der Waals surface area (Å²) < 4.78 is 32.4. The molecule has 0 aromatic heterocycles. The maximum Gasteiger partial charge on any atom is 0.338 e. The van der Waals surface area contributed by atoms with Gasteiger partial charge in [-0.15, -0.1) is 0 Å². The van der Waals surface area contributed by atoms with Gasteiger partial charge in [0.25, 0.3) is 5.91 Å². The molecule has 0 aliphatic carbocycles. The molecule has 0 unspecified atom stereocenters. The van der Waals surface area contributed by atoms with Crippen molar-refractivity contribution in [1.82, 2.24) is 9.21 Å². The standard InChI is InChI=1S/C20H28N2O5S/c1-16(19(23)21-11-4-2-5-12-21)27-20(24)17-9-8-10-18(15-17)28(25,26)22-13-6-3-7-14-22/h8-10,15-16H,2-7,11-14H2,1H3/t16-/m0/s1. The number of rotatable bonds is 5. The SMILES string of the molecule is C[C@H](OC(=O)c1cccc(S(=O)(=O)N2CCCCC2)c1)C(=O)N1CCCCC1. The Labute approximate surface area is 166 Å².